The molecule has 0 bridgehead atoms. The van der Waals surface area contributed by atoms with Crippen molar-refractivity contribution < 1.29 is 9.90 Å². The van der Waals surface area contributed by atoms with Gasteiger partial charge in [0, 0.05) is 19.9 Å². The monoisotopic (exact) mass is 433 g/mol. The Bertz CT molecular complexity index is 469. The third kappa shape index (κ3) is 4.67. The number of hydrogen-bond acceptors (Lipinski definition) is 3. The summed E-state index contributed by atoms with van der Waals surface area (Å²) in [5, 5.41) is 12.9. The van der Waals surface area contributed by atoms with Crippen LogP contribution in [0.25, 0.3) is 0 Å². The fourth-order valence-corrected chi connectivity index (χ4v) is 3.21. The van der Waals surface area contributed by atoms with Crippen molar-refractivity contribution in [3.05, 3.63) is 31.3 Å². The lowest BCUT2D eigenvalue weighted by Crippen LogP contribution is -2.41. The van der Waals surface area contributed by atoms with E-state index in [1.165, 1.54) is 11.8 Å². The Labute approximate surface area is 140 Å². The maximum atomic E-state index is 12.2. The normalized spacial score (nSPS) is 14.0. The molecule has 1 aromatic rings. The molecule has 1 amide bonds. The lowest BCUT2D eigenvalue weighted by Gasteiger charge is -2.21. The number of hydrogen-bond donors (Lipinski definition) is 2. The van der Waals surface area contributed by atoms with Crippen LogP contribution in [-0.4, -0.2) is 35.2 Å². The molecular formula is C12H14Cl2INO2S. The van der Waals surface area contributed by atoms with Crippen LogP contribution in [0.15, 0.2) is 12.1 Å². The summed E-state index contributed by atoms with van der Waals surface area (Å²) in [4.78, 5) is 12.2. The SMILES string of the molecule is CSC(CO)C(C)NC(=O)c1cc(Cl)cc(Cl)c1I. The molecule has 3 nitrogen and oxygen atoms in total. The molecule has 0 saturated heterocycles. The van der Waals surface area contributed by atoms with Gasteiger partial charge >= 0.3 is 0 Å². The predicted octanol–water partition coefficient (Wildman–Crippen LogP) is 3.44. The average Bonchev–Trinajstić information content (AvgIpc) is 2.35. The van der Waals surface area contributed by atoms with Crippen LogP contribution in [0.2, 0.25) is 10.0 Å². The smallest absolute Gasteiger partial charge is 0.252 e. The van der Waals surface area contributed by atoms with Crippen LogP contribution in [0.5, 0.6) is 0 Å². The quantitative estimate of drug-likeness (QED) is 0.552. The molecule has 0 aliphatic heterocycles. The highest BCUT2D eigenvalue weighted by Gasteiger charge is 2.20. The maximum Gasteiger partial charge on any atom is 0.252 e. The molecule has 0 heterocycles. The molecule has 2 unspecified atom stereocenters. The molecule has 0 fully saturated rings. The second-order valence-corrected chi connectivity index (χ2v) is 6.97. The van der Waals surface area contributed by atoms with Gasteiger partial charge in [-0.15, -0.1) is 0 Å². The lowest BCUT2D eigenvalue weighted by molar-refractivity contribution is 0.0935. The van der Waals surface area contributed by atoms with E-state index in [1.807, 2.05) is 35.8 Å². The number of halogens is 3. The summed E-state index contributed by atoms with van der Waals surface area (Å²) >= 11 is 15.4. The van der Waals surface area contributed by atoms with Crippen LogP contribution in [0.1, 0.15) is 17.3 Å². The van der Waals surface area contributed by atoms with Crippen molar-refractivity contribution >= 4 is 63.5 Å². The van der Waals surface area contributed by atoms with Gasteiger partial charge < -0.3 is 10.4 Å². The van der Waals surface area contributed by atoms with E-state index in [1.54, 1.807) is 12.1 Å². The van der Waals surface area contributed by atoms with Crippen LogP contribution in [0.4, 0.5) is 0 Å². The largest absolute Gasteiger partial charge is 0.395 e. The van der Waals surface area contributed by atoms with Crippen LogP contribution >= 0.6 is 57.6 Å². The molecule has 106 valence electrons. The first-order valence-corrected chi connectivity index (χ1v) is 8.62. The van der Waals surface area contributed by atoms with Gasteiger partial charge in [0.15, 0.2) is 0 Å². The minimum atomic E-state index is -0.242. The van der Waals surface area contributed by atoms with Crippen LogP contribution < -0.4 is 5.32 Å². The van der Waals surface area contributed by atoms with Gasteiger partial charge in [-0.2, -0.15) is 11.8 Å². The Kier molecular flexibility index (Phi) is 7.24. The van der Waals surface area contributed by atoms with Crippen molar-refractivity contribution in [2.45, 2.75) is 18.2 Å². The second kappa shape index (κ2) is 7.93. The Morgan fingerprint density at radius 3 is 2.68 bits per heavy atom. The fourth-order valence-electron chi connectivity index (χ4n) is 1.54. The van der Waals surface area contributed by atoms with E-state index in [2.05, 4.69) is 5.32 Å². The van der Waals surface area contributed by atoms with E-state index in [9.17, 15) is 9.90 Å². The molecule has 19 heavy (non-hydrogen) atoms. The zero-order valence-electron chi connectivity index (χ0n) is 10.4. The number of thioether (sulfide) groups is 1. The van der Waals surface area contributed by atoms with E-state index in [-0.39, 0.29) is 23.8 Å². The van der Waals surface area contributed by atoms with Gasteiger partial charge in [-0.3, -0.25) is 4.79 Å². The summed E-state index contributed by atoms with van der Waals surface area (Å²) in [5.41, 5.74) is 0.447. The number of rotatable bonds is 5. The highest BCUT2D eigenvalue weighted by atomic mass is 127. The summed E-state index contributed by atoms with van der Waals surface area (Å²) in [7, 11) is 0. The fraction of sp³-hybridized carbons (Fsp3) is 0.417. The third-order valence-electron chi connectivity index (χ3n) is 2.64. The number of aliphatic hydroxyl groups is 1. The summed E-state index contributed by atoms with van der Waals surface area (Å²) in [6.45, 7) is 1.87. The molecule has 0 saturated carbocycles. The van der Waals surface area contributed by atoms with Crippen molar-refractivity contribution in [3.63, 3.8) is 0 Å². The summed E-state index contributed by atoms with van der Waals surface area (Å²) in [6.07, 6.45) is 1.89. The molecule has 0 aliphatic carbocycles. The second-order valence-electron chi connectivity index (χ2n) is 3.97. The van der Waals surface area contributed by atoms with Gasteiger partial charge in [-0.05, 0) is 47.9 Å². The van der Waals surface area contributed by atoms with Crippen molar-refractivity contribution in [2.24, 2.45) is 0 Å². The minimum Gasteiger partial charge on any atom is -0.395 e. The molecule has 0 aliphatic rings. The molecule has 2 atom stereocenters. The Hall–Kier alpha value is 0.310. The van der Waals surface area contributed by atoms with Crippen LogP contribution in [0, 0.1) is 3.57 Å². The zero-order chi connectivity index (χ0) is 14.6. The third-order valence-corrected chi connectivity index (χ3v) is 5.80. The number of carbonyl (C=O) groups is 1. The number of benzene rings is 1. The Morgan fingerprint density at radius 1 is 1.53 bits per heavy atom. The number of amides is 1. The molecule has 0 radical (unpaired) electrons. The average molecular weight is 434 g/mol. The molecular weight excluding hydrogens is 420 g/mol. The number of nitrogens with one attached hydrogen (secondary N) is 1. The van der Waals surface area contributed by atoms with Crippen molar-refractivity contribution in [3.8, 4) is 0 Å². The van der Waals surface area contributed by atoms with Crippen molar-refractivity contribution in [2.75, 3.05) is 12.9 Å². The Morgan fingerprint density at radius 2 is 2.16 bits per heavy atom. The standard InChI is InChI=1S/C12H14Cl2INO2S/c1-6(10(5-17)19-2)16-12(18)8-3-7(13)4-9(14)11(8)15/h3-4,6,10,17H,5H2,1-2H3,(H,16,18). The Balaban J connectivity index is 2.90. The molecule has 0 aromatic heterocycles. The first kappa shape index (κ1) is 17.4. The first-order valence-electron chi connectivity index (χ1n) is 5.49. The lowest BCUT2D eigenvalue weighted by atomic mass is 10.1. The van der Waals surface area contributed by atoms with Gasteiger partial charge in [0.1, 0.15) is 0 Å². The molecule has 0 spiro atoms. The molecule has 7 heteroatoms. The van der Waals surface area contributed by atoms with Crippen LogP contribution in [0.3, 0.4) is 0 Å². The zero-order valence-corrected chi connectivity index (χ0v) is 14.9. The van der Waals surface area contributed by atoms with Crippen molar-refractivity contribution in [1.82, 2.24) is 5.32 Å². The van der Waals surface area contributed by atoms with Gasteiger partial charge in [0.05, 0.1) is 17.2 Å². The van der Waals surface area contributed by atoms with E-state index < -0.39 is 0 Å². The van der Waals surface area contributed by atoms with E-state index in [0.29, 0.717) is 19.2 Å². The first-order chi connectivity index (χ1) is 8.90. The van der Waals surface area contributed by atoms with Gasteiger partial charge in [-0.1, -0.05) is 23.2 Å². The summed E-state index contributed by atoms with van der Waals surface area (Å²) in [6, 6.07) is 3.04. The van der Waals surface area contributed by atoms with Gasteiger partial charge in [-0.25, -0.2) is 0 Å². The van der Waals surface area contributed by atoms with E-state index in [0.717, 1.165) is 0 Å². The van der Waals surface area contributed by atoms with E-state index >= 15 is 0 Å². The highest BCUT2D eigenvalue weighted by molar-refractivity contribution is 14.1. The molecule has 2 N–H and O–H groups in total. The topological polar surface area (TPSA) is 49.3 Å². The van der Waals surface area contributed by atoms with E-state index in [4.69, 9.17) is 23.2 Å². The minimum absolute atomic E-state index is 0.00993. The number of aliphatic hydroxyl groups excluding tert-OH is 1. The summed E-state index contributed by atoms with van der Waals surface area (Å²) < 4.78 is 0.665. The maximum absolute atomic E-state index is 12.2. The summed E-state index contributed by atoms with van der Waals surface area (Å²) in [5.74, 6) is -0.242. The highest BCUT2D eigenvalue weighted by Crippen LogP contribution is 2.27. The van der Waals surface area contributed by atoms with Gasteiger partial charge in [0.2, 0.25) is 0 Å². The van der Waals surface area contributed by atoms with Crippen molar-refractivity contribution in [1.29, 1.82) is 0 Å². The number of carbonyl (C=O) groups excluding carboxylic acids is 1. The van der Waals surface area contributed by atoms with Crippen LogP contribution in [-0.2, 0) is 0 Å². The molecule has 1 rings (SSSR count). The molecule has 1 aromatic carbocycles. The van der Waals surface area contributed by atoms with Gasteiger partial charge in [0.25, 0.3) is 5.91 Å². The predicted molar refractivity (Wildman–Crippen MR) is 90.5 cm³/mol.